The molecule has 1 unspecified atom stereocenters. The number of nitrogens with zero attached hydrogens (tertiary/aromatic N) is 1. The maximum atomic E-state index is 3.81. The van der Waals surface area contributed by atoms with Crippen molar-refractivity contribution in [3.05, 3.63) is 17.0 Å². The Labute approximate surface area is 137 Å². The van der Waals surface area contributed by atoms with Crippen molar-refractivity contribution >= 4 is 23.1 Å². The second kappa shape index (κ2) is 7.49. The molecule has 0 aromatic carbocycles. The Kier molecular flexibility index (Phi) is 5.66. The summed E-state index contributed by atoms with van der Waals surface area (Å²) in [6.07, 6.45) is 5.34. The van der Waals surface area contributed by atoms with Gasteiger partial charge in [-0.3, -0.25) is 0 Å². The Balaban J connectivity index is 1.40. The fraction of sp³-hybridized carbons (Fsp3) is 0.765. The van der Waals surface area contributed by atoms with Gasteiger partial charge in [-0.1, -0.05) is 13.8 Å². The van der Waals surface area contributed by atoms with Gasteiger partial charge in [0.25, 0.3) is 0 Å². The first kappa shape index (κ1) is 15.9. The highest BCUT2D eigenvalue weighted by Gasteiger charge is 2.25. The molecule has 1 aromatic rings. The number of thiophene rings is 1. The zero-order valence-corrected chi connectivity index (χ0v) is 14.9. The van der Waals surface area contributed by atoms with Gasteiger partial charge in [0, 0.05) is 11.3 Å². The minimum Gasteiger partial charge on any atom is -0.310 e. The average Bonchev–Trinajstić information content (AvgIpc) is 2.93. The zero-order chi connectivity index (χ0) is 14.7. The van der Waals surface area contributed by atoms with E-state index in [0.717, 1.165) is 17.7 Å². The molecule has 0 saturated carbocycles. The van der Waals surface area contributed by atoms with Gasteiger partial charge in [0.1, 0.15) is 0 Å². The van der Waals surface area contributed by atoms with Crippen LogP contribution in [-0.2, 0) is 0 Å². The van der Waals surface area contributed by atoms with Crippen molar-refractivity contribution in [2.45, 2.75) is 55.0 Å². The molecular weight excluding hydrogens is 296 g/mol. The number of piperidine rings is 1. The molecule has 21 heavy (non-hydrogen) atoms. The fourth-order valence-corrected chi connectivity index (χ4v) is 5.97. The van der Waals surface area contributed by atoms with E-state index in [1.165, 1.54) is 49.5 Å². The molecule has 0 aliphatic carbocycles. The summed E-state index contributed by atoms with van der Waals surface area (Å²) in [5, 5.41) is 6.81. The van der Waals surface area contributed by atoms with Crippen LogP contribution in [-0.4, -0.2) is 36.3 Å². The van der Waals surface area contributed by atoms with Gasteiger partial charge in [-0.05, 0) is 74.8 Å². The second-order valence-electron chi connectivity index (χ2n) is 6.71. The summed E-state index contributed by atoms with van der Waals surface area (Å²) in [5.41, 5.74) is 1.55. The van der Waals surface area contributed by atoms with Gasteiger partial charge in [0.05, 0.1) is 4.21 Å². The predicted molar refractivity (Wildman–Crippen MR) is 94.5 cm³/mol. The molecule has 2 aliphatic rings. The third kappa shape index (κ3) is 4.25. The third-order valence-corrected chi connectivity index (χ3v) is 7.17. The van der Waals surface area contributed by atoms with Crippen LogP contribution in [0.4, 0.5) is 0 Å². The normalized spacial score (nSPS) is 27.7. The van der Waals surface area contributed by atoms with E-state index in [-0.39, 0.29) is 0 Å². The lowest BCUT2D eigenvalue weighted by Crippen LogP contribution is -2.35. The Hall–Kier alpha value is -0.0300. The van der Waals surface area contributed by atoms with E-state index in [1.54, 1.807) is 5.56 Å². The maximum Gasteiger partial charge on any atom is 0.0649 e. The van der Waals surface area contributed by atoms with Crippen molar-refractivity contribution in [3.8, 4) is 0 Å². The van der Waals surface area contributed by atoms with E-state index < -0.39 is 0 Å². The number of hydrogen-bond acceptors (Lipinski definition) is 4. The molecule has 1 saturated heterocycles. The number of hydrogen-bond donors (Lipinski definition) is 1. The third-order valence-electron chi connectivity index (χ3n) is 4.83. The Morgan fingerprint density at radius 2 is 2.10 bits per heavy atom. The van der Waals surface area contributed by atoms with Crippen LogP contribution < -0.4 is 5.32 Å². The first-order valence-corrected chi connectivity index (χ1v) is 10.2. The number of thioether (sulfide) groups is 1. The van der Waals surface area contributed by atoms with Crippen LogP contribution in [0.5, 0.6) is 0 Å². The molecule has 1 aromatic heterocycles. The summed E-state index contributed by atoms with van der Waals surface area (Å²) in [5.74, 6) is 0.942. The number of rotatable bonds is 5. The van der Waals surface area contributed by atoms with Crippen LogP contribution in [0.1, 0.15) is 51.1 Å². The van der Waals surface area contributed by atoms with Crippen LogP contribution in [0.3, 0.4) is 0 Å². The molecule has 4 heteroatoms. The van der Waals surface area contributed by atoms with Crippen molar-refractivity contribution < 1.29 is 0 Å². The first-order valence-electron chi connectivity index (χ1n) is 8.42. The maximum absolute atomic E-state index is 3.81. The summed E-state index contributed by atoms with van der Waals surface area (Å²) in [7, 11) is 0. The molecular formula is C17H28N2S2. The molecule has 1 N–H and O–H groups in total. The van der Waals surface area contributed by atoms with E-state index in [4.69, 9.17) is 0 Å². The van der Waals surface area contributed by atoms with Crippen molar-refractivity contribution in [2.75, 3.05) is 26.2 Å². The summed E-state index contributed by atoms with van der Waals surface area (Å²) < 4.78 is 1.54. The highest BCUT2D eigenvalue weighted by atomic mass is 32.2. The highest BCUT2D eigenvalue weighted by molar-refractivity contribution is 8.01. The minimum atomic E-state index is 0.587. The van der Waals surface area contributed by atoms with Gasteiger partial charge in [-0.25, -0.2) is 0 Å². The van der Waals surface area contributed by atoms with Crippen LogP contribution in [0.2, 0.25) is 0 Å². The smallest absolute Gasteiger partial charge is 0.0649 e. The summed E-state index contributed by atoms with van der Waals surface area (Å²) in [4.78, 5) is 2.65. The standard InChI is InChI=1S/C17H28N2S2/c1-13-4-9-19(10-5-13)8-3-7-18-16-12-14(2)21-17-15(16)6-11-20-17/h6,11,13-14,16,18H,3-5,7-10,12H2,1-2H3/t14-,16?/m0/s1. The molecule has 2 atom stereocenters. The molecule has 0 bridgehead atoms. The van der Waals surface area contributed by atoms with Crippen LogP contribution >= 0.6 is 23.1 Å². The van der Waals surface area contributed by atoms with Gasteiger partial charge in [-0.15, -0.1) is 23.1 Å². The number of nitrogens with one attached hydrogen (secondary N) is 1. The molecule has 3 heterocycles. The quantitative estimate of drug-likeness (QED) is 0.809. The van der Waals surface area contributed by atoms with Gasteiger partial charge in [0.15, 0.2) is 0 Å². The van der Waals surface area contributed by atoms with E-state index >= 15 is 0 Å². The Bertz CT molecular complexity index is 438. The highest BCUT2D eigenvalue weighted by Crippen LogP contribution is 2.43. The monoisotopic (exact) mass is 324 g/mol. The summed E-state index contributed by atoms with van der Waals surface area (Å²) in [6, 6.07) is 2.91. The second-order valence-corrected chi connectivity index (χ2v) is 9.34. The van der Waals surface area contributed by atoms with Crippen LogP contribution in [0.25, 0.3) is 0 Å². The predicted octanol–water partition coefficient (Wildman–Crippen LogP) is 4.39. The molecule has 0 spiro atoms. The van der Waals surface area contributed by atoms with E-state index in [2.05, 4.69) is 47.3 Å². The van der Waals surface area contributed by atoms with E-state index in [9.17, 15) is 0 Å². The Morgan fingerprint density at radius 3 is 2.90 bits per heavy atom. The van der Waals surface area contributed by atoms with Gasteiger partial charge in [0.2, 0.25) is 0 Å². The average molecular weight is 325 g/mol. The first-order chi connectivity index (χ1) is 10.2. The Morgan fingerprint density at radius 1 is 1.29 bits per heavy atom. The molecule has 0 radical (unpaired) electrons. The lowest BCUT2D eigenvalue weighted by atomic mass is 9.99. The zero-order valence-electron chi connectivity index (χ0n) is 13.3. The molecule has 3 rings (SSSR count). The van der Waals surface area contributed by atoms with Crippen LogP contribution in [0.15, 0.2) is 15.7 Å². The van der Waals surface area contributed by atoms with E-state index in [0.29, 0.717) is 6.04 Å². The molecule has 2 aliphatic heterocycles. The lowest BCUT2D eigenvalue weighted by Gasteiger charge is -2.31. The van der Waals surface area contributed by atoms with E-state index in [1.807, 2.05) is 11.3 Å². The van der Waals surface area contributed by atoms with Crippen molar-refractivity contribution in [2.24, 2.45) is 5.92 Å². The SMILES string of the molecule is CC1CCN(CCCNC2C[C@H](C)Sc3sccc32)CC1. The topological polar surface area (TPSA) is 15.3 Å². The van der Waals surface area contributed by atoms with Crippen molar-refractivity contribution in [3.63, 3.8) is 0 Å². The molecule has 118 valence electrons. The van der Waals surface area contributed by atoms with Crippen molar-refractivity contribution in [1.29, 1.82) is 0 Å². The fourth-order valence-electron chi connectivity index (χ4n) is 3.41. The number of fused-ring (bicyclic) bond motifs is 1. The molecule has 0 amide bonds. The summed E-state index contributed by atoms with van der Waals surface area (Å²) in [6.45, 7) is 9.80. The molecule has 2 nitrogen and oxygen atoms in total. The van der Waals surface area contributed by atoms with Gasteiger partial charge < -0.3 is 10.2 Å². The minimum absolute atomic E-state index is 0.587. The summed E-state index contributed by atoms with van der Waals surface area (Å²) >= 11 is 3.96. The largest absolute Gasteiger partial charge is 0.310 e. The molecule has 1 fully saturated rings. The van der Waals surface area contributed by atoms with Crippen molar-refractivity contribution in [1.82, 2.24) is 10.2 Å². The lowest BCUT2D eigenvalue weighted by molar-refractivity contribution is 0.189. The van der Waals surface area contributed by atoms with Crippen LogP contribution in [0, 0.1) is 5.92 Å². The number of likely N-dealkylation sites (tertiary alicyclic amines) is 1. The van der Waals surface area contributed by atoms with Gasteiger partial charge >= 0.3 is 0 Å². The van der Waals surface area contributed by atoms with Gasteiger partial charge in [-0.2, -0.15) is 0 Å².